The van der Waals surface area contributed by atoms with E-state index >= 15 is 0 Å². The van der Waals surface area contributed by atoms with Gasteiger partial charge in [0.25, 0.3) is 0 Å². The summed E-state index contributed by atoms with van der Waals surface area (Å²) in [6, 6.07) is 6.72. The number of H-pyrrole nitrogens is 1. The van der Waals surface area contributed by atoms with Crippen molar-refractivity contribution in [3.05, 3.63) is 36.8 Å². The Labute approximate surface area is 139 Å². The number of rotatable bonds is 6. The lowest BCUT2D eigenvalue weighted by atomic mass is 10.2. The van der Waals surface area contributed by atoms with E-state index in [-0.39, 0.29) is 4.90 Å². The molecule has 0 aliphatic rings. The second-order valence-electron chi connectivity index (χ2n) is 5.03. The smallest absolute Gasteiger partial charge is 0.240 e. The number of aromatic nitrogens is 3. The van der Waals surface area contributed by atoms with E-state index in [0.717, 1.165) is 11.1 Å². The number of nitrogens with one attached hydrogen (secondary N) is 4. The fourth-order valence-electron chi connectivity index (χ4n) is 2.36. The summed E-state index contributed by atoms with van der Waals surface area (Å²) in [5.74, 6) is 0.597. The molecule has 0 saturated heterocycles. The van der Waals surface area contributed by atoms with Gasteiger partial charge in [0, 0.05) is 12.7 Å². The molecule has 0 aliphatic heterocycles. The van der Waals surface area contributed by atoms with Crippen LogP contribution in [0.2, 0.25) is 0 Å². The molecule has 2 aromatic heterocycles. The molecule has 9 heteroatoms. The minimum absolute atomic E-state index is 0.175. The average molecular weight is 346 g/mol. The molecule has 0 saturated carbocycles. The highest BCUT2D eigenvalue weighted by atomic mass is 32.2. The SMILES string of the molecule is CCNc1ccc(S(=O)(=O)NC)cc1Nc1ncnc2[nH]ccc12. The van der Waals surface area contributed by atoms with Gasteiger partial charge in [-0.15, -0.1) is 0 Å². The molecule has 126 valence electrons. The Balaban J connectivity index is 2.07. The maximum atomic E-state index is 12.1. The Kier molecular flexibility index (Phi) is 4.36. The summed E-state index contributed by atoms with van der Waals surface area (Å²) in [6.45, 7) is 2.67. The number of aromatic amines is 1. The Morgan fingerprint density at radius 2 is 2.00 bits per heavy atom. The third-order valence-corrected chi connectivity index (χ3v) is 4.96. The molecule has 24 heavy (non-hydrogen) atoms. The van der Waals surface area contributed by atoms with Crippen LogP contribution in [0, 0.1) is 0 Å². The Bertz CT molecular complexity index is 967. The monoisotopic (exact) mass is 346 g/mol. The predicted octanol–water partition coefficient (Wildman–Crippen LogP) is 2.04. The zero-order valence-corrected chi connectivity index (χ0v) is 14.1. The number of sulfonamides is 1. The van der Waals surface area contributed by atoms with Crippen LogP contribution in [0.25, 0.3) is 11.0 Å². The molecule has 0 radical (unpaired) electrons. The zero-order chi connectivity index (χ0) is 17.2. The largest absolute Gasteiger partial charge is 0.384 e. The first kappa shape index (κ1) is 16.2. The normalized spacial score (nSPS) is 11.6. The van der Waals surface area contributed by atoms with Gasteiger partial charge >= 0.3 is 0 Å². The van der Waals surface area contributed by atoms with E-state index in [1.165, 1.54) is 13.4 Å². The molecule has 4 N–H and O–H groups in total. The van der Waals surface area contributed by atoms with Crippen LogP contribution in [-0.4, -0.2) is 37.0 Å². The van der Waals surface area contributed by atoms with Crippen molar-refractivity contribution in [2.75, 3.05) is 24.2 Å². The number of anilines is 3. The second-order valence-corrected chi connectivity index (χ2v) is 6.92. The number of hydrogen-bond acceptors (Lipinski definition) is 6. The minimum Gasteiger partial charge on any atom is -0.384 e. The van der Waals surface area contributed by atoms with Gasteiger partial charge in [-0.3, -0.25) is 0 Å². The van der Waals surface area contributed by atoms with Crippen molar-refractivity contribution in [2.24, 2.45) is 0 Å². The van der Waals surface area contributed by atoms with Crippen molar-refractivity contribution in [1.82, 2.24) is 19.7 Å². The summed E-state index contributed by atoms with van der Waals surface area (Å²) < 4.78 is 26.4. The quantitative estimate of drug-likeness (QED) is 0.543. The van der Waals surface area contributed by atoms with E-state index in [9.17, 15) is 8.42 Å². The van der Waals surface area contributed by atoms with Gasteiger partial charge in [0.1, 0.15) is 17.8 Å². The Morgan fingerprint density at radius 1 is 1.17 bits per heavy atom. The molecule has 1 aromatic carbocycles. The first-order valence-corrected chi connectivity index (χ1v) is 8.90. The average Bonchev–Trinajstić information content (AvgIpc) is 3.06. The van der Waals surface area contributed by atoms with Crippen LogP contribution in [0.15, 0.2) is 41.7 Å². The second kappa shape index (κ2) is 6.46. The number of fused-ring (bicyclic) bond motifs is 1. The molecule has 8 nitrogen and oxygen atoms in total. The van der Waals surface area contributed by atoms with Gasteiger partial charge in [-0.2, -0.15) is 0 Å². The van der Waals surface area contributed by atoms with Crippen LogP contribution >= 0.6 is 0 Å². The van der Waals surface area contributed by atoms with Crippen molar-refractivity contribution in [1.29, 1.82) is 0 Å². The highest BCUT2D eigenvalue weighted by Crippen LogP contribution is 2.30. The molecule has 0 unspecified atom stereocenters. The van der Waals surface area contributed by atoms with Crippen LogP contribution in [0.5, 0.6) is 0 Å². The van der Waals surface area contributed by atoms with Crippen molar-refractivity contribution < 1.29 is 8.42 Å². The third-order valence-electron chi connectivity index (χ3n) is 3.54. The first-order chi connectivity index (χ1) is 11.5. The summed E-state index contributed by atoms with van der Waals surface area (Å²) in [4.78, 5) is 11.6. The molecule has 0 atom stereocenters. The van der Waals surface area contributed by atoms with Crippen LogP contribution < -0.4 is 15.4 Å². The number of benzene rings is 1. The van der Waals surface area contributed by atoms with Crippen LogP contribution in [0.1, 0.15) is 6.92 Å². The standard InChI is InChI=1S/C15H18N6O2S/c1-3-17-12-5-4-10(24(22,23)16-2)8-13(12)21-15-11-6-7-18-14(11)19-9-20-15/h4-9,16-17H,3H2,1-2H3,(H2,18,19,20,21). The van der Waals surface area contributed by atoms with E-state index in [4.69, 9.17) is 0 Å². The Morgan fingerprint density at radius 3 is 2.75 bits per heavy atom. The predicted molar refractivity (Wildman–Crippen MR) is 94.0 cm³/mol. The van der Waals surface area contributed by atoms with Crippen LogP contribution in [0.3, 0.4) is 0 Å². The van der Waals surface area contributed by atoms with Gasteiger partial charge in [0.2, 0.25) is 10.0 Å². The molecular formula is C15H18N6O2S. The van der Waals surface area contributed by atoms with Crippen molar-refractivity contribution >= 4 is 38.2 Å². The summed E-state index contributed by atoms with van der Waals surface area (Å²) in [5, 5.41) is 7.22. The highest BCUT2D eigenvalue weighted by molar-refractivity contribution is 7.89. The molecule has 3 rings (SSSR count). The van der Waals surface area contributed by atoms with Gasteiger partial charge in [-0.1, -0.05) is 0 Å². The topological polar surface area (TPSA) is 112 Å². The van der Waals surface area contributed by atoms with Crippen LogP contribution in [0.4, 0.5) is 17.2 Å². The number of hydrogen-bond donors (Lipinski definition) is 4. The first-order valence-electron chi connectivity index (χ1n) is 7.41. The minimum atomic E-state index is -3.53. The van der Waals surface area contributed by atoms with Gasteiger partial charge in [0.05, 0.1) is 21.7 Å². The Hall–Kier alpha value is -2.65. The molecule has 0 fully saturated rings. The van der Waals surface area contributed by atoms with E-state index in [1.807, 2.05) is 13.0 Å². The van der Waals surface area contributed by atoms with Crippen molar-refractivity contribution in [2.45, 2.75) is 11.8 Å². The van der Waals surface area contributed by atoms with Crippen molar-refractivity contribution in [3.63, 3.8) is 0 Å². The maximum Gasteiger partial charge on any atom is 0.240 e. The lowest BCUT2D eigenvalue weighted by Gasteiger charge is -2.14. The molecule has 2 heterocycles. The summed E-state index contributed by atoms with van der Waals surface area (Å²) in [5.41, 5.74) is 2.11. The summed E-state index contributed by atoms with van der Waals surface area (Å²) in [7, 11) is -2.15. The van der Waals surface area contributed by atoms with Crippen LogP contribution in [-0.2, 0) is 10.0 Å². The lowest BCUT2D eigenvalue weighted by Crippen LogP contribution is -2.18. The fraction of sp³-hybridized carbons (Fsp3) is 0.200. The van der Waals surface area contributed by atoms with E-state index in [1.54, 1.807) is 24.4 Å². The van der Waals surface area contributed by atoms with Crippen molar-refractivity contribution in [3.8, 4) is 0 Å². The molecular weight excluding hydrogens is 328 g/mol. The molecule has 0 aliphatic carbocycles. The van der Waals surface area contributed by atoms with Gasteiger partial charge < -0.3 is 15.6 Å². The van der Waals surface area contributed by atoms with E-state index in [2.05, 4.69) is 30.3 Å². The molecule has 3 aromatic rings. The lowest BCUT2D eigenvalue weighted by molar-refractivity contribution is 0.588. The van der Waals surface area contributed by atoms with Gasteiger partial charge in [-0.25, -0.2) is 23.1 Å². The number of nitrogens with zero attached hydrogens (tertiary/aromatic N) is 2. The summed E-state index contributed by atoms with van der Waals surface area (Å²) in [6.07, 6.45) is 3.22. The molecule has 0 amide bonds. The summed E-state index contributed by atoms with van der Waals surface area (Å²) >= 11 is 0. The van der Waals surface area contributed by atoms with E-state index < -0.39 is 10.0 Å². The van der Waals surface area contributed by atoms with E-state index in [0.29, 0.717) is 23.7 Å². The van der Waals surface area contributed by atoms with Gasteiger partial charge in [0.15, 0.2) is 0 Å². The fourth-order valence-corrected chi connectivity index (χ4v) is 3.11. The maximum absolute atomic E-state index is 12.1. The zero-order valence-electron chi connectivity index (χ0n) is 13.3. The molecule has 0 spiro atoms. The van der Waals surface area contributed by atoms with Gasteiger partial charge in [-0.05, 0) is 38.2 Å². The third kappa shape index (κ3) is 3.03. The highest BCUT2D eigenvalue weighted by Gasteiger charge is 2.15. The molecule has 0 bridgehead atoms.